The largest absolute Gasteiger partial charge is 0.376 e. The average Bonchev–Trinajstić information content (AvgIpc) is 2.96. The second kappa shape index (κ2) is 7.56. The van der Waals surface area contributed by atoms with E-state index in [9.17, 15) is 9.59 Å². The van der Waals surface area contributed by atoms with Gasteiger partial charge in [0.2, 0.25) is 5.91 Å². The number of pyridine rings is 1. The van der Waals surface area contributed by atoms with Crippen molar-refractivity contribution in [3.05, 3.63) is 33.2 Å². The van der Waals surface area contributed by atoms with Crippen LogP contribution in [0.2, 0.25) is 0 Å². The Labute approximate surface area is 130 Å². The van der Waals surface area contributed by atoms with E-state index in [0.717, 1.165) is 30.7 Å². The van der Waals surface area contributed by atoms with Crippen molar-refractivity contribution in [3.63, 3.8) is 0 Å². The van der Waals surface area contributed by atoms with Crippen molar-refractivity contribution < 1.29 is 14.3 Å². The minimum absolute atomic E-state index is 0.0948. The average molecular weight is 308 g/mol. The molecule has 0 saturated carbocycles. The van der Waals surface area contributed by atoms with Crippen LogP contribution in [0.25, 0.3) is 0 Å². The molecule has 1 amide bonds. The first kappa shape index (κ1) is 16.7. The Morgan fingerprint density at radius 2 is 2.32 bits per heavy atom. The molecule has 0 spiro atoms. The van der Waals surface area contributed by atoms with Gasteiger partial charge in [-0.05, 0) is 45.2 Å². The van der Waals surface area contributed by atoms with Gasteiger partial charge in [-0.3, -0.25) is 9.59 Å². The van der Waals surface area contributed by atoms with Crippen LogP contribution in [0.4, 0.5) is 0 Å². The number of hydrogen-bond donors (Lipinski definition) is 2. The summed E-state index contributed by atoms with van der Waals surface area (Å²) in [5, 5.41) is 2.75. The Kier molecular flexibility index (Phi) is 5.74. The smallest absolute Gasteiger partial charge is 0.253 e. The predicted octanol–water partition coefficient (Wildman–Crippen LogP) is 1.19. The van der Waals surface area contributed by atoms with Crippen LogP contribution in [0, 0.1) is 13.8 Å². The number of nitrogens with one attached hydrogen (secondary N) is 2. The van der Waals surface area contributed by atoms with Crippen LogP contribution in [-0.2, 0) is 20.8 Å². The van der Waals surface area contributed by atoms with Gasteiger partial charge in [-0.1, -0.05) is 0 Å². The van der Waals surface area contributed by atoms with Gasteiger partial charge < -0.3 is 19.8 Å². The van der Waals surface area contributed by atoms with E-state index >= 15 is 0 Å². The van der Waals surface area contributed by atoms with Crippen LogP contribution < -0.4 is 10.9 Å². The van der Waals surface area contributed by atoms with Crippen molar-refractivity contribution in [1.29, 1.82) is 0 Å². The molecule has 1 aliphatic rings. The molecule has 0 aromatic carbocycles. The molecule has 22 heavy (non-hydrogen) atoms. The zero-order valence-electron chi connectivity index (χ0n) is 13.4. The molecule has 0 aliphatic carbocycles. The molecule has 2 heterocycles. The lowest BCUT2D eigenvalue weighted by atomic mass is 10.1. The summed E-state index contributed by atoms with van der Waals surface area (Å²) in [6, 6.07) is 1.89. The van der Waals surface area contributed by atoms with Gasteiger partial charge in [-0.15, -0.1) is 0 Å². The number of rotatable bonds is 6. The Morgan fingerprint density at radius 1 is 1.55 bits per heavy atom. The number of amides is 1. The number of aryl methyl sites for hydroxylation is 2. The van der Waals surface area contributed by atoms with E-state index in [0.29, 0.717) is 12.2 Å². The molecule has 1 saturated heterocycles. The van der Waals surface area contributed by atoms with E-state index in [-0.39, 0.29) is 24.1 Å². The van der Waals surface area contributed by atoms with Gasteiger partial charge in [0.25, 0.3) is 5.56 Å². The third-order valence-corrected chi connectivity index (χ3v) is 3.86. The maximum atomic E-state index is 12.0. The van der Waals surface area contributed by atoms with Crippen LogP contribution in [0.15, 0.2) is 10.9 Å². The second-order valence-electron chi connectivity index (χ2n) is 5.77. The molecule has 6 nitrogen and oxygen atoms in total. The number of hydrogen-bond acceptors (Lipinski definition) is 4. The summed E-state index contributed by atoms with van der Waals surface area (Å²) < 4.78 is 11.0. The first-order valence-corrected chi connectivity index (χ1v) is 7.67. The van der Waals surface area contributed by atoms with Crippen LogP contribution >= 0.6 is 0 Å². The Morgan fingerprint density at radius 3 is 2.95 bits per heavy atom. The Hall–Kier alpha value is -1.66. The minimum Gasteiger partial charge on any atom is -0.376 e. The molecule has 2 rings (SSSR count). The highest BCUT2D eigenvalue weighted by Gasteiger charge is 2.20. The Bertz CT molecular complexity index is 576. The number of H-pyrrole nitrogens is 1. The molecule has 0 bridgehead atoms. The SMILES string of the molecule is Cc1cc(C)c(CNC(=O)[C@@H](C)OC[C@H]2CCCO2)c(=O)[nH]1. The first-order valence-electron chi connectivity index (χ1n) is 7.67. The number of aromatic nitrogens is 1. The summed E-state index contributed by atoms with van der Waals surface area (Å²) in [6.07, 6.45) is 1.56. The normalized spacial score (nSPS) is 19.1. The van der Waals surface area contributed by atoms with E-state index in [4.69, 9.17) is 9.47 Å². The van der Waals surface area contributed by atoms with Crippen LogP contribution in [-0.4, -0.2) is 36.3 Å². The van der Waals surface area contributed by atoms with Crippen LogP contribution in [0.1, 0.15) is 36.6 Å². The number of aromatic amines is 1. The molecular formula is C16H24N2O4. The summed E-state index contributed by atoms with van der Waals surface area (Å²) in [7, 11) is 0. The molecule has 122 valence electrons. The fourth-order valence-electron chi connectivity index (χ4n) is 2.52. The molecule has 0 unspecified atom stereocenters. The Balaban J connectivity index is 1.83. The van der Waals surface area contributed by atoms with Crippen LogP contribution in [0.3, 0.4) is 0 Å². The van der Waals surface area contributed by atoms with Crippen molar-refractivity contribution >= 4 is 5.91 Å². The van der Waals surface area contributed by atoms with Crippen molar-refractivity contribution in [2.75, 3.05) is 13.2 Å². The van der Waals surface area contributed by atoms with Crippen molar-refractivity contribution in [1.82, 2.24) is 10.3 Å². The van der Waals surface area contributed by atoms with Crippen molar-refractivity contribution in [3.8, 4) is 0 Å². The maximum Gasteiger partial charge on any atom is 0.253 e. The lowest BCUT2D eigenvalue weighted by molar-refractivity contribution is -0.133. The molecule has 0 radical (unpaired) electrons. The summed E-state index contributed by atoms with van der Waals surface area (Å²) >= 11 is 0. The van der Waals surface area contributed by atoms with E-state index in [1.165, 1.54) is 0 Å². The highest BCUT2D eigenvalue weighted by molar-refractivity contribution is 5.80. The fraction of sp³-hybridized carbons (Fsp3) is 0.625. The lowest BCUT2D eigenvalue weighted by Crippen LogP contribution is -2.37. The molecular weight excluding hydrogens is 284 g/mol. The summed E-state index contributed by atoms with van der Waals surface area (Å²) in [5.41, 5.74) is 2.09. The molecule has 2 atom stereocenters. The summed E-state index contributed by atoms with van der Waals surface area (Å²) in [4.78, 5) is 26.6. The highest BCUT2D eigenvalue weighted by Crippen LogP contribution is 2.12. The molecule has 1 aliphatic heterocycles. The highest BCUT2D eigenvalue weighted by atomic mass is 16.5. The zero-order valence-corrected chi connectivity index (χ0v) is 13.4. The minimum atomic E-state index is -0.561. The quantitative estimate of drug-likeness (QED) is 0.827. The van der Waals surface area contributed by atoms with Gasteiger partial charge in [0, 0.05) is 24.4 Å². The van der Waals surface area contributed by atoms with Gasteiger partial charge in [-0.25, -0.2) is 0 Å². The fourth-order valence-corrected chi connectivity index (χ4v) is 2.52. The van der Waals surface area contributed by atoms with Gasteiger partial charge in [0.1, 0.15) is 6.10 Å². The first-order chi connectivity index (χ1) is 10.5. The second-order valence-corrected chi connectivity index (χ2v) is 5.77. The summed E-state index contributed by atoms with van der Waals surface area (Å²) in [6.45, 7) is 6.80. The van der Waals surface area contributed by atoms with Crippen LogP contribution in [0.5, 0.6) is 0 Å². The van der Waals surface area contributed by atoms with Gasteiger partial charge in [0.05, 0.1) is 12.7 Å². The topological polar surface area (TPSA) is 80.4 Å². The van der Waals surface area contributed by atoms with Gasteiger partial charge >= 0.3 is 0 Å². The molecule has 1 fully saturated rings. The zero-order chi connectivity index (χ0) is 16.1. The molecule has 2 N–H and O–H groups in total. The van der Waals surface area contributed by atoms with Crippen molar-refractivity contribution in [2.45, 2.75) is 52.4 Å². The molecule has 6 heteroatoms. The molecule has 1 aromatic heterocycles. The third kappa shape index (κ3) is 4.42. The van der Waals surface area contributed by atoms with E-state index in [2.05, 4.69) is 10.3 Å². The lowest BCUT2D eigenvalue weighted by Gasteiger charge is -2.16. The predicted molar refractivity (Wildman–Crippen MR) is 82.8 cm³/mol. The maximum absolute atomic E-state index is 12.0. The number of carbonyl (C=O) groups is 1. The molecule has 1 aromatic rings. The third-order valence-electron chi connectivity index (χ3n) is 3.86. The van der Waals surface area contributed by atoms with Gasteiger partial charge in [0.15, 0.2) is 0 Å². The monoisotopic (exact) mass is 308 g/mol. The van der Waals surface area contributed by atoms with Gasteiger partial charge in [-0.2, -0.15) is 0 Å². The number of carbonyl (C=O) groups excluding carboxylic acids is 1. The van der Waals surface area contributed by atoms with E-state index in [1.807, 2.05) is 19.9 Å². The van der Waals surface area contributed by atoms with E-state index < -0.39 is 6.10 Å². The standard InChI is InChI=1S/C16H24N2O4/c1-10-7-11(2)18-16(20)14(10)8-17-15(19)12(3)22-9-13-5-4-6-21-13/h7,12-13H,4-6,8-9H2,1-3H3,(H,17,19)(H,18,20)/t12-,13-/m1/s1. The summed E-state index contributed by atoms with van der Waals surface area (Å²) in [5.74, 6) is -0.225. The van der Waals surface area contributed by atoms with Crippen molar-refractivity contribution in [2.24, 2.45) is 0 Å². The number of ether oxygens (including phenoxy) is 2. The van der Waals surface area contributed by atoms with E-state index in [1.54, 1.807) is 6.92 Å².